The molecule has 1 saturated carbocycles. The molecule has 0 unspecified atom stereocenters. The van der Waals surface area contributed by atoms with Crippen LogP contribution in [0.2, 0.25) is 5.02 Å². The number of amides is 1. The maximum absolute atomic E-state index is 14.5. The Morgan fingerprint density at radius 1 is 1.14 bits per heavy atom. The van der Waals surface area contributed by atoms with E-state index in [0.717, 1.165) is 38.6 Å². The van der Waals surface area contributed by atoms with Gasteiger partial charge in [-0.2, -0.15) is 0 Å². The number of nitrogens with one attached hydrogen (secondary N) is 1. The fraction of sp³-hybridized carbons (Fsp3) is 0.444. The Hall–Kier alpha value is -3.17. The van der Waals surface area contributed by atoms with Gasteiger partial charge in [0.05, 0.1) is 35.5 Å². The van der Waals surface area contributed by atoms with Crippen molar-refractivity contribution in [2.45, 2.75) is 50.3 Å². The predicted molar refractivity (Wildman–Crippen MR) is 141 cm³/mol. The van der Waals surface area contributed by atoms with Gasteiger partial charge in [0.15, 0.2) is 17.3 Å². The Labute approximate surface area is 220 Å². The van der Waals surface area contributed by atoms with Crippen LogP contribution in [0.25, 0.3) is 10.9 Å². The van der Waals surface area contributed by atoms with E-state index in [-0.39, 0.29) is 28.8 Å². The number of halogens is 2. The normalized spacial score (nSPS) is 21.8. The van der Waals surface area contributed by atoms with Crippen molar-refractivity contribution >= 4 is 39.9 Å². The minimum atomic E-state index is -0.547. The number of likely N-dealkylation sites (N-methyl/N-ethyl adjacent to an activating group) is 1. The zero-order chi connectivity index (χ0) is 26.1. The zero-order valence-electron chi connectivity index (χ0n) is 21.2. The topological polar surface area (TPSA) is 79.8 Å². The molecular weight excluding hydrogens is 497 g/mol. The first-order valence-electron chi connectivity index (χ1n) is 12.5. The highest BCUT2D eigenvalue weighted by Gasteiger charge is 2.40. The second-order valence-electron chi connectivity index (χ2n) is 9.79. The van der Waals surface area contributed by atoms with E-state index in [9.17, 15) is 9.18 Å². The lowest BCUT2D eigenvalue weighted by Gasteiger charge is -2.47. The third-order valence-electron chi connectivity index (χ3n) is 7.32. The Morgan fingerprint density at radius 2 is 1.92 bits per heavy atom. The van der Waals surface area contributed by atoms with Crippen molar-refractivity contribution in [3.05, 3.63) is 47.5 Å². The van der Waals surface area contributed by atoms with Gasteiger partial charge in [-0.3, -0.25) is 9.69 Å². The smallest absolute Gasteiger partial charge is 0.239 e. The van der Waals surface area contributed by atoms with Gasteiger partial charge in [-0.15, -0.1) is 0 Å². The van der Waals surface area contributed by atoms with Crippen molar-refractivity contribution in [2.75, 3.05) is 33.1 Å². The molecule has 8 nitrogen and oxygen atoms in total. The van der Waals surface area contributed by atoms with E-state index in [0.29, 0.717) is 34.3 Å². The number of rotatable bonds is 7. The van der Waals surface area contributed by atoms with E-state index in [1.54, 1.807) is 30.2 Å². The summed E-state index contributed by atoms with van der Waals surface area (Å²) in [6, 6.07) is 8.81. The highest BCUT2D eigenvalue weighted by atomic mass is 35.5. The van der Waals surface area contributed by atoms with E-state index >= 15 is 0 Å². The van der Waals surface area contributed by atoms with Gasteiger partial charge < -0.3 is 19.7 Å². The van der Waals surface area contributed by atoms with E-state index in [1.165, 1.54) is 12.4 Å². The molecule has 0 spiro atoms. The van der Waals surface area contributed by atoms with Crippen LogP contribution < -0.4 is 14.8 Å². The number of likely N-dealkylation sites (tertiary alicyclic amines) is 1. The molecule has 2 fully saturated rings. The van der Waals surface area contributed by atoms with Crippen LogP contribution in [0.15, 0.2) is 36.7 Å². The van der Waals surface area contributed by atoms with Crippen LogP contribution in [0.1, 0.15) is 32.1 Å². The van der Waals surface area contributed by atoms with E-state index in [2.05, 4.69) is 20.2 Å². The van der Waals surface area contributed by atoms with Crippen LogP contribution in [0.3, 0.4) is 0 Å². The van der Waals surface area contributed by atoms with Crippen LogP contribution in [0.4, 0.5) is 15.9 Å². The van der Waals surface area contributed by atoms with Crippen LogP contribution in [-0.4, -0.2) is 71.6 Å². The standard InChI is InChI=1S/C27H31ClFN5O3/c1-33(2)27(35)22-11-12-34(22)16-7-9-17(10-8-16)37-24-13-18-21(14-23(24)36-3)30-15-31-26(18)32-20-6-4-5-19(28)25(20)29/h4-6,13-17,22H,7-12H2,1-3H3,(H,30,31,32)/t16-,17+,22-/m1/s1. The number of hydrogen-bond acceptors (Lipinski definition) is 7. The largest absolute Gasteiger partial charge is 0.493 e. The number of benzene rings is 2. The van der Waals surface area contributed by atoms with Crippen molar-refractivity contribution in [1.29, 1.82) is 0 Å². The Kier molecular flexibility index (Phi) is 7.35. The lowest BCUT2D eigenvalue weighted by Crippen LogP contribution is -2.60. The number of anilines is 2. The number of hydrogen-bond donors (Lipinski definition) is 1. The molecule has 0 bridgehead atoms. The Morgan fingerprint density at radius 3 is 2.59 bits per heavy atom. The molecule has 2 heterocycles. The van der Waals surface area contributed by atoms with Gasteiger partial charge in [-0.05, 0) is 50.3 Å². The number of methoxy groups -OCH3 is 1. The minimum Gasteiger partial charge on any atom is -0.493 e. The molecule has 1 aliphatic heterocycles. The molecule has 1 aromatic heterocycles. The number of aromatic nitrogens is 2. The maximum atomic E-state index is 14.5. The highest BCUT2D eigenvalue weighted by Crippen LogP contribution is 2.38. The number of carbonyl (C=O) groups is 1. The third kappa shape index (κ3) is 5.15. The van der Waals surface area contributed by atoms with Gasteiger partial charge in [0.25, 0.3) is 0 Å². The summed E-state index contributed by atoms with van der Waals surface area (Å²) < 4.78 is 26.5. The SMILES string of the molecule is COc1cc2ncnc(Nc3cccc(Cl)c3F)c2cc1O[C@H]1CC[C@@H](N2CC[C@@H]2C(=O)N(C)C)CC1. The van der Waals surface area contributed by atoms with Crippen LogP contribution in [0, 0.1) is 5.82 Å². The fourth-order valence-corrected chi connectivity index (χ4v) is 5.40. The summed E-state index contributed by atoms with van der Waals surface area (Å²) in [4.78, 5) is 25.2. The molecule has 196 valence electrons. The quantitative estimate of drug-likeness (QED) is 0.462. The summed E-state index contributed by atoms with van der Waals surface area (Å²) >= 11 is 5.95. The van der Waals surface area contributed by atoms with Crippen molar-refractivity contribution in [1.82, 2.24) is 19.8 Å². The Balaban J connectivity index is 1.32. The second-order valence-corrected chi connectivity index (χ2v) is 10.2. The van der Waals surface area contributed by atoms with Crippen molar-refractivity contribution in [3.8, 4) is 11.5 Å². The monoisotopic (exact) mass is 527 g/mol. The van der Waals surface area contributed by atoms with Crippen LogP contribution >= 0.6 is 11.6 Å². The average Bonchev–Trinajstić information content (AvgIpc) is 2.87. The van der Waals surface area contributed by atoms with Gasteiger partial charge >= 0.3 is 0 Å². The molecule has 5 rings (SSSR count). The molecule has 1 saturated heterocycles. The molecule has 1 amide bonds. The van der Waals surface area contributed by atoms with Gasteiger partial charge in [0.1, 0.15) is 12.1 Å². The van der Waals surface area contributed by atoms with Gasteiger partial charge in [-0.1, -0.05) is 17.7 Å². The van der Waals surface area contributed by atoms with E-state index < -0.39 is 5.82 Å². The molecule has 1 N–H and O–H groups in total. The van der Waals surface area contributed by atoms with Crippen molar-refractivity contribution < 1.29 is 18.7 Å². The third-order valence-corrected chi connectivity index (χ3v) is 7.61. The summed E-state index contributed by atoms with van der Waals surface area (Å²) in [6.45, 7) is 0.974. The molecule has 1 aliphatic carbocycles. The zero-order valence-corrected chi connectivity index (χ0v) is 22.0. The molecular formula is C27H31ClFN5O3. The molecule has 0 radical (unpaired) electrons. The van der Waals surface area contributed by atoms with Crippen LogP contribution in [-0.2, 0) is 4.79 Å². The second kappa shape index (κ2) is 10.7. The number of ether oxygens (including phenoxy) is 2. The fourth-order valence-electron chi connectivity index (χ4n) is 5.23. The lowest BCUT2D eigenvalue weighted by molar-refractivity contribution is -0.141. The predicted octanol–water partition coefficient (Wildman–Crippen LogP) is 5.03. The molecule has 1 atom stereocenters. The minimum absolute atomic E-state index is 0.00769. The molecule has 37 heavy (non-hydrogen) atoms. The van der Waals surface area contributed by atoms with E-state index in [4.69, 9.17) is 21.1 Å². The molecule has 2 aromatic carbocycles. The molecule has 2 aliphatic rings. The van der Waals surface area contributed by atoms with Gasteiger partial charge in [0, 0.05) is 38.1 Å². The highest BCUT2D eigenvalue weighted by molar-refractivity contribution is 6.31. The summed E-state index contributed by atoms with van der Waals surface area (Å²) in [7, 11) is 5.23. The first kappa shape index (κ1) is 25.5. The van der Waals surface area contributed by atoms with Crippen molar-refractivity contribution in [2.24, 2.45) is 0 Å². The lowest BCUT2D eigenvalue weighted by atomic mass is 9.87. The summed E-state index contributed by atoms with van der Waals surface area (Å²) in [5, 5.41) is 3.74. The summed E-state index contributed by atoms with van der Waals surface area (Å²) in [6.07, 6.45) is 6.09. The first-order valence-corrected chi connectivity index (χ1v) is 12.9. The summed E-state index contributed by atoms with van der Waals surface area (Å²) in [5.74, 6) is 1.25. The molecule has 10 heteroatoms. The number of fused-ring (bicyclic) bond motifs is 1. The average molecular weight is 528 g/mol. The summed E-state index contributed by atoms with van der Waals surface area (Å²) in [5.41, 5.74) is 0.864. The number of carbonyl (C=O) groups excluding carboxylic acids is 1. The van der Waals surface area contributed by atoms with Gasteiger partial charge in [-0.25, -0.2) is 14.4 Å². The molecule has 3 aromatic rings. The van der Waals surface area contributed by atoms with Crippen molar-refractivity contribution in [3.63, 3.8) is 0 Å². The van der Waals surface area contributed by atoms with Gasteiger partial charge in [0.2, 0.25) is 5.91 Å². The Bertz CT molecular complexity index is 1300. The van der Waals surface area contributed by atoms with E-state index in [1.807, 2.05) is 20.2 Å². The maximum Gasteiger partial charge on any atom is 0.239 e. The first-order chi connectivity index (χ1) is 17.9. The van der Waals surface area contributed by atoms with Crippen LogP contribution in [0.5, 0.6) is 11.5 Å². The number of nitrogens with zero attached hydrogens (tertiary/aromatic N) is 4.